The van der Waals surface area contributed by atoms with Crippen molar-refractivity contribution in [3.05, 3.63) is 87.5 Å². The number of pyridine rings is 1. The van der Waals surface area contributed by atoms with Crippen LogP contribution < -0.4 is 9.80 Å². The van der Waals surface area contributed by atoms with Crippen LogP contribution in [0.5, 0.6) is 5.88 Å². The van der Waals surface area contributed by atoms with Crippen molar-refractivity contribution in [3.63, 3.8) is 0 Å². The third kappa shape index (κ3) is 3.81. The second-order valence-corrected chi connectivity index (χ2v) is 6.90. The molecule has 4 nitrogen and oxygen atoms in total. The maximum Gasteiger partial charge on any atom is 0.213 e. The van der Waals surface area contributed by atoms with E-state index < -0.39 is 0 Å². The Kier molecular flexibility index (Phi) is 5.07. The Morgan fingerprint density at radius 1 is 1.07 bits per heavy atom. The molecule has 0 amide bonds. The van der Waals surface area contributed by atoms with Gasteiger partial charge in [-0.25, -0.2) is 9.37 Å². The molecule has 1 N–H and O–H groups in total. The van der Waals surface area contributed by atoms with Gasteiger partial charge < -0.3 is 15.0 Å². The number of halogens is 2. The first kappa shape index (κ1) is 17.9. The van der Waals surface area contributed by atoms with Gasteiger partial charge in [0, 0.05) is 34.7 Å². The van der Waals surface area contributed by atoms with Crippen molar-refractivity contribution in [3.8, 4) is 17.0 Å². The number of aromatic nitrogens is 1. The van der Waals surface area contributed by atoms with E-state index in [-0.39, 0.29) is 17.5 Å². The lowest BCUT2D eigenvalue weighted by molar-refractivity contribution is -0.864. The van der Waals surface area contributed by atoms with E-state index in [0.29, 0.717) is 41.5 Å². The van der Waals surface area contributed by atoms with Crippen molar-refractivity contribution < 1.29 is 14.2 Å². The lowest BCUT2D eigenvalue weighted by Crippen LogP contribution is -3.06. The van der Waals surface area contributed by atoms with E-state index >= 15 is 0 Å². The molecule has 0 spiro atoms. The van der Waals surface area contributed by atoms with Crippen LogP contribution in [0, 0.1) is 11.0 Å². The van der Waals surface area contributed by atoms with Crippen molar-refractivity contribution >= 4 is 11.6 Å². The number of nitrogens with one attached hydrogen (secondary N) is 1. The summed E-state index contributed by atoms with van der Waals surface area (Å²) < 4.78 is 19.9. The topological polar surface area (TPSA) is 49.6 Å². The van der Waals surface area contributed by atoms with E-state index in [2.05, 4.69) is 4.98 Å². The summed E-state index contributed by atoms with van der Waals surface area (Å²) in [5.41, 5.74) is 3.73. The first-order chi connectivity index (χ1) is 13.1. The van der Waals surface area contributed by atoms with Crippen molar-refractivity contribution in [1.29, 1.82) is 0 Å². The maximum atomic E-state index is 14.1. The van der Waals surface area contributed by atoms with Gasteiger partial charge in [-0.3, -0.25) is 0 Å². The quantitative estimate of drug-likeness (QED) is 0.700. The summed E-state index contributed by atoms with van der Waals surface area (Å²) in [6.45, 7) is 1.20. The normalized spacial score (nSPS) is 16.0. The number of ether oxygens (including phenoxy) is 1. The highest BCUT2D eigenvalue weighted by Crippen LogP contribution is 2.32. The fourth-order valence-electron chi connectivity index (χ4n) is 3.26. The summed E-state index contributed by atoms with van der Waals surface area (Å²) in [6, 6.07) is 15.7. The Hall–Kier alpha value is -2.47. The molecule has 138 valence electrons. The fraction of sp³-hybridized carbons (Fsp3) is 0.190. The smallest absolute Gasteiger partial charge is 0.213 e. The van der Waals surface area contributed by atoms with E-state index in [0.717, 1.165) is 16.8 Å². The average Bonchev–Trinajstić information content (AvgIpc) is 2.68. The van der Waals surface area contributed by atoms with Crippen molar-refractivity contribution in [1.82, 2.24) is 4.98 Å². The largest absolute Gasteiger partial charge is 0.634 e. The lowest BCUT2D eigenvalue weighted by atomic mass is 10.0. The Labute approximate surface area is 161 Å². The highest BCUT2D eigenvalue weighted by atomic mass is 35.5. The molecule has 6 heteroatoms. The molecule has 0 radical (unpaired) electrons. The summed E-state index contributed by atoms with van der Waals surface area (Å²) in [5, 5.41) is 12.2. The molecule has 27 heavy (non-hydrogen) atoms. The monoisotopic (exact) mass is 384 g/mol. The van der Waals surface area contributed by atoms with E-state index in [1.54, 1.807) is 30.3 Å². The highest BCUT2D eigenvalue weighted by Gasteiger charge is 2.17. The van der Waals surface area contributed by atoms with Crippen LogP contribution in [0.4, 0.5) is 4.39 Å². The molecule has 0 fully saturated rings. The predicted molar refractivity (Wildman–Crippen MR) is 102 cm³/mol. The zero-order chi connectivity index (χ0) is 18.8. The third-order valence-electron chi connectivity index (χ3n) is 4.69. The Morgan fingerprint density at radius 2 is 1.89 bits per heavy atom. The molecule has 0 saturated heterocycles. The standard InChI is InChI=1S/C21H18ClFN2O2/c22-21-15(4-3-6-17(21)16-5-1-2-7-18(16)23)13-27-20-9-8-14-12-25(26)11-10-19(14)24-20/h1-9,25H,10-13H2. The van der Waals surface area contributed by atoms with Crippen molar-refractivity contribution in [2.24, 2.45) is 0 Å². The van der Waals surface area contributed by atoms with Crippen molar-refractivity contribution in [2.45, 2.75) is 19.6 Å². The van der Waals surface area contributed by atoms with Gasteiger partial charge in [0.1, 0.15) is 19.0 Å². The van der Waals surface area contributed by atoms with Crippen LogP contribution >= 0.6 is 11.6 Å². The van der Waals surface area contributed by atoms with Crippen LogP contribution in [0.2, 0.25) is 5.02 Å². The lowest BCUT2D eigenvalue weighted by Gasteiger charge is -2.27. The van der Waals surface area contributed by atoms with E-state index in [1.807, 2.05) is 18.2 Å². The molecule has 0 aliphatic carbocycles. The van der Waals surface area contributed by atoms with Crippen LogP contribution in [0.1, 0.15) is 16.8 Å². The first-order valence-electron chi connectivity index (χ1n) is 8.77. The van der Waals surface area contributed by atoms with Gasteiger partial charge in [-0.15, -0.1) is 0 Å². The molecule has 0 bridgehead atoms. The summed E-state index contributed by atoms with van der Waals surface area (Å²) in [5.74, 6) is 0.179. The number of benzene rings is 2. The van der Waals surface area contributed by atoms with Gasteiger partial charge in [-0.2, -0.15) is 0 Å². The van der Waals surface area contributed by atoms with Crippen LogP contribution in [0.3, 0.4) is 0 Å². The van der Waals surface area contributed by atoms with Crippen molar-refractivity contribution in [2.75, 3.05) is 6.54 Å². The minimum absolute atomic E-state index is 0.228. The number of hydroxylamine groups is 2. The van der Waals surface area contributed by atoms with Gasteiger partial charge in [-0.05, 0) is 12.1 Å². The second-order valence-electron chi connectivity index (χ2n) is 6.52. The SMILES string of the molecule is [O-][NH+]1CCc2nc(OCc3cccc(-c4ccccc4F)c3Cl)ccc2C1. The molecule has 1 unspecified atom stereocenters. The maximum absolute atomic E-state index is 14.1. The van der Waals surface area contributed by atoms with Gasteiger partial charge in [-0.1, -0.05) is 48.0 Å². The molecular formula is C21H18ClFN2O2. The molecule has 0 saturated carbocycles. The molecule has 1 aliphatic heterocycles. The zero-order valence-corrected chi connectivity index (χ0v) is 15.3. The van der Waals surface area contributed by atoms with Crippen LogP contribution in [0.25, 0.3) is 11.1 Å². The van der Waals surface area contributed by atoms with E-state index in [9.17, 15) is 9.60 Å². The van der Waals surface area contributed by atoms with E-state index in [1.165, 1.54) is 6.07 Å². The van der Waals surface area contributed by atoms with Crippen LogP contribution in [0.15, 0.2) is 54.6 Å². The first-order valence-corrected chi connectivity index (χ1v) is 9.15. The second kappa shape index (κ2) is 7.64. The number of hydrogen-bond acceptors (Lipinski definition) is 3. The number of hydrogen-bond donors (Lipinski definition) is 1. The van der Waals surface area contributed by atoms with Gasteiger partial charge in [0.15, 0.2) is 0 Å². The molecule has 2 aromatic carbocycles. The van der Waals surface area contributed by atoms with Gasteiger partial charge in [0.2, 0.25) is 5.88 Å². The summed E-state index contributed by atoms with van der Waals surface area (Å²) in [6.07, 6.45) is 0.648. The van der Waals surface area contributed by atoms with Crippen LogP contribution in [-0.2, 0) is 19.6 Å². The third-order valence-corrected chi connectivity index (χ3v) is 5.14. The van der Waals surface area contributed by atoms with E-state index in [4.69, 9.17) is 16.3 Å². The van der Waals surface area contributed by atoms with Gasteiger partial charge >= 0.3 is 0 Å². The average molecular weight is 385 g/mol. The summed E-state index contributed by atoms with van der Waals surface area (Å²) >= 11 is 6.51. The zero-order valence-electron chi connectivity index (χ0n) is 14.5. The molecule has 4 rings (SSSR count). The molecule has 1 aromatic heterocycles. The Bertz CT molecular complexity index is 980. The summed E-state index contributed by atoms with van der Waals surface area (Å²) in [4.78, 5) is 4.51. The van der Waals surface area contributed by atoms with Crippen LogP contribution in [-0.4, -0.2) is 11.5 Å². The number of fused-ring (bicyclic) bond motifs is 1. The van der Waals surface area contributed by atoms with Gasteiger partial charge in [0.25, 0.3) is 0 Å². The Balaban J connectivity index is 1.54. The number of quaternary nitrogens is 1. The number of nitrogens with zero attached hydrogens (tertiary/aromatic N) is 1. The minimum atomic E-state index is -0.316. The summed E-state index contributed by atoms with van der Waals surface area (Å²) in [7, 11) is 0. The number of rotatable bonds is 4. The van der Waals surface area contributed by atoms with Gasteiger partial charge in [0.05, 0.1) is 17.3 Å². The molecule has 1 atom stereocenters. The highest BCUT2D eigenvalue weighted by molar-refractivity contribution is 6.34. The molecule has 2 heterocycles. The molecule has 3 aromatic rings. The Morgan fingerprint density at radius 3 is 2.74 bits per heavy atom. The minimum Gasteiger partial charge on any atom is -0.634 e. The predicted octanol–water partition coefficient (Wildman–Crippen LogP) is 3.56. The fourth-order valence-corrected chi connectivity index (χ4v) is 3.54. The molecule has 1 aliphatic rings. The molecular weight excluding hydrogens is 367 g/mol.